The maximum atomic E-state index is 13.5. The van der Waals surface area contributed by atoms with Crippen molar-refractivity contribution in [2.24, 2.45) is 5.92 Å². The Kier molecular flexibility index (Phi) is 9.03. The molecule has 2 aromatic rings. The van der Waals surface area contributed by atoms with E-state index in [0.29, 0.717) is 5.75 Å². The van der Waals surface area contributed by atoms with Crippen LogP contribution in [0.2, 0.25) is 0 Å². The lowest BCUT2D eigenvalue weighted by molar-refractivity contribution is -0.135. The van der Waals surface area contributed by atoms with Gasteiger partial charge in [-0.25, -0.2) is 0 Å². The van der Waals surface area contributed by atoms with Gasteiger partial charge in [0, 0.05) is 6.20 Å². The quantitative estimate of drug-likeness (QED) is 0.592. The lowest BCUT2D eigenvalue weighted by Gasteiger charge is -2.33. The average Bonchev–Trinajstić information content (AvgIpc) is 2.85. The standard InChI is InChI=1S/C27H34N4O4/c1-5-18(2)24(31(3)4)27(34)30-23-25(20-9-7-6-8-10-20)35-21-13-11-19(12-14-21)15-16-28-22(32)17-29-26(23)33/h6-16,18,23-25H,5,17H2,1-4H3,(H,28,32)(H,29,33)(H,30,34)/b16-15-. The number of benzene rings is 2. The molecule has 2 bridgehead atoms. The Balaban J connectivity index is 2.03. The SMILES string of the molecule is CCC(C)C(C(=O)NC1C(=O)NCC(=O)N/C=C\c2ccc(cc2)OC1c1ccccc1)N(C)C. The molecule has 3 amide bonds. The Morgan fingerprint density at radius 3 is 2.43 bits per heavy atom. The van der Waals surface area contributed by atoms with Crippen molar-refractivity contribution < 1.29 is 19.1 Å². The zero-order valence-corrected chi connectivity index (χ0v) is 20.7. The fraction of sp³-hybridized carbons (Fsp3) is 0.370. The van der Waals surface area contributed by atoms with Crippen molar-refractivity contribution in [1.82, 2.24) is 20.9 Å². The van der Waals surface area contributed by atoms with Gasteiger partial charge in [-0.15, -0.1) is 0 Å². The van der Waals surface area contributed by atoms with Gasteiger partial charge in [0.1, 0.15) is 11.8 Å². The van der Waals surface area contributed by atoms with E-state index < -0.39 is 24.1 Å². The van der Waals surface area contributed by atoms with Crippen LogP contribution in [0.15, 0.2) is 60.8 Å². The molecule has 0 aliphatic carbocycles. The molecule has 0 saturated heterocycles. The summed E-state index contributed by atoms with van der Waals surface area (Å²) in [7, 11) is 3.68. The molecular weight excluding hydrogens is 444 g/mol. The molecule has 186 valence electrons. The van der Waals surface area contributed by atoms with E-state index >= 15 is 0 Å². The van der Waals surface area contributed by atoms with Crippen molar-refractivity contribution in [3.05, 3.63) is 71.9 Å². The second-order valence-corrected chi connectivity index (χ2v) is 8.92. The second-order valence-electron chi connectivity index (χ2n) is 8.92. The molecule has 35 heavy (non-hydrogen) atoms. The summed E-state index contributed by atoms with van der Waals surface area (Å²) in [5, 5.41) is 8.23. The first-order valence-electron chi connectivity index (χ1n) is 11.8. The number of hydrogen-bond acceptors (Lipinski definition) is 5. The summed E-state index contributed by atoms with van der Waals surface area (Å²) in [5.41, 5.74) is 1.60. The molecule has 0 aromatic heterocycles. The zero-order valence-electron chi connectivity index (χ0n) is 20.7. The minimum Gasteiger partial charge on any atom is -0.483 e. The van der Waals surface area contributed by atoms with Gasteiger partial charge in [-0.1, -0.05) is 62.7 Å². The Bertz CT molecular complexity index is 1040. The number of nitrogens with zero attached hydrogens (tertiary/aromatic N) is 1. The molecule has 3 N–H and O–H groups in total. The van der Waals surface area contributed by atoms with Crippen molar-refractivity contribution in [2.45, 2.75) is 38.5 Å². The van der Waals surface area contributed by atoms with Crippen LogP contribution in [0.3, 0.4) is 0 Å². The number of carbonyl (C=O) groups is 3. The molecule has 4 rings (SSSR count). The Morgan fingerprint density at radius 2 is 1.80 bits per heavy atom. The normalized spacial score (nSPS) is 21.2. The Morgan fingerprint density at radius 1 is 1.11 bits per heavy atom. The highest BCUT2D eigenvalue weighted by molar-refractivity contribution is 5.92. The zero-order chi connectivity index (χ0) is 25.4. The van der Waals surface area contributed by atoms with Gasteiger partial charge in [-0.3, -0.25) is 19.3 Å². The van der Waals surface area contributed by atoms with E-state index in [9.17, 15) is 14.4 Å². The lowest BCUT2D eigenvalue weighted by atomic mass is 9.95. The van der Waals surface area contributed by atoms with E-state index in [1.165, 1.54) is 6.20 Å². The monoisotopic (exact) mass is 478 g/mol. The smallest absolute Gasteiger partial charge is 0.247 e. The van der Waals surface area contributed by atoms with Gasteiger partial charge in [-0.05, 0) is 49.3 Å². The van der Waals surface area contributed by atoms with Gasteiger partial charge in [-0.2, -0.15) is 0 Å². The highest BCUT2D eigenvalue weighted by Gasteiger charge is 2.36. The van der Waals surface area contributed by atoms with E-state index in [1.54, 1.807) is 18.2 Å². The van der Waals surface area contributed by atoms with Crippen molar-refractivity contribution in [3.8, 4) is 5.75 Å². The summed E-state index contributed by atoms with van der Waals surface area (Å²) in [6.07, 6.45) is 3.25. The molecule has 8 heteroatoms. The molecule has 2 aromatic carbocycles. The van der Waals surface area contributed by atoms with Gasteiger partial charge in [0.25, 0.3) is 0 Å². The number of hydrogen-bond donors (Lipinski definition) is 3. The highest BCUT2D eigenvalue weighted by Crippen LogP contribution is 2.27. The lowest BCUT2D eigenvalue weighted by Crippen LogP contribution is -2.57. The van der Waals surface area contributed by atoms with Crippen LogP contribution in [-0.2, 0) is 14.4 Å². The highest BCUT2D eigenvalue weighted by atomic mass is 16.5. The topological polar surface area (TPSA) is 99.8 Å². The Hall–Kier alpha value is -3.65. The van der Waals surface area contributed by atoms with Crippen LogP contribution in [0.4, 0.5) is 0 Å². The number of ether oxygens (including phenoxy) is 1. The molecular formula is C27H34N4O4. The van der Waals surface area contributed by atoms with Gasteiger partial charge >= 0.3 is 0 Å². The van der Waals surface area contributed by atoms with Crippen LogP contribution in [0.5, 0.6) is 5.75 Å². The summed E-state index contributed by atoms with van der Waals surface area (Å²) in [6, 6.07) is 15.0. The molecule has 0 spiro atoms. The Labute approximate surface area is 206 Å². The molecule has 0 saturated carbocycles. The maximum Gasteiger partial charge on any atom is 0.247 e. The van der Waals surface area contributed by atoms with E-state index in [2.05, 4.69) is 16.0 Å². The number of nitrogens with one attached hydrogen (secondary N) is 3. The fourth-order valence-electron chi connectivity index (χ4n) is 4.08. The van der Waals surface area contributed by atoms with E-state index in [1.807, 2.05) is 75.3 Å². The average molecular weight is 479 g/mol. The van der Waals surface area contributed by atoms with Crippen molar-refractivity contribution >= 4 is 23.8 Å². The summed E-state index contributed by atoms with van der Waals surface area (Å²) in [6.45, 7) is 3.79. The minimum absolute atomic E-state index is 0.0628. The van der Waals surface area contributed by atoms with Crippen molar-refractivity contribution in [1.29, 1.82) is 0 Å². The summed E-state index contributed by atoms with van der Waals surface area (Å²) >= 11 is 0. The van der Waals surface area contributed by atoms with Gasteiger partial charge < -0.3 is 20.7 Å². The third-order valence-electron chi connectivity index (χ3n) is 6.11. The third kappa shape index (κ3) is 6.93. The first-order chi connectivity index (χ1) is 16.8. The summed E-state index contributed by atoms with van der Waals surface area (Å²) < 4.78 is 6.32. The first-order valence-corrected chi connectivity index (χ1v) is 11.8. The van der Waals surface area contributed by atoms with Crippen molar-refractivity contribution in [3.63, 3.8) is 0 Å². The summed E-state index contributed by atoms with van der Waals surface area (Å²) in [5.74, 6) is -0.557. The van der Waals surface area contributed by atoms with E-state index in [-0.39, 0.29) is 24.3 Å². The predicted molar refractivity (Wildman–Crippen MR) is 135 cm³/mol. The molecule has 2 heterocycles. The van der Waals surface area contributed by atoms with E-state index in [0.717, 1.165) is 17.5 Å². The number of fused-ring (bicyclic) bond motifs is 10. The fourth-order valence-corrected chi connectivity index (χ4v) is 4.08. The maximum absolute atomic E-state index is 13.5. The molecule has 0 fully saturated rings. The molecule has 8 nitrogen and oxygen atoms in total. The van der Waals surface area contributed by atoms with Gasteiger partial charge in [0.05, 0.1) is 12.6 Å². The van der Waals surface area contributed by atoms with Crippen LogP contribution in [0, 0.1) is 5.92 Å². The minimum atomic E-state index is -1.08. The predicted octanol–water partition coefficient (Wildman–Crippen LogP) is 2.48. The van der Waals surface area contributed by atoms with Crippen molar-refractivity contribution in [2.75, 3.05) is 20.6 Å². The summed E-state index contributed by atoms with van der Waals surface area (Å²) in [4.78, 5) is 41.0. The van der Waals surface area contributed by atoms with Crippen LogP contribution in [0.25, 0.3) is 6.08 Å². The molecule has 2 aliphatic heterocycles. The first kappa shape index (κ1) is 26.0. The number of amides is 3. The van der Waals surface area contributed by atoms with Crippen LogP contribution >= 0.6 is 0 Å². The molecule has 4 unspecified atom stereocenters. The van der Waals surface area contributed by atoms with Gasteiger partial charge in [0.15, 0.2) is 6.10 Å². The van der Waals surface area contributed by atoms with Gasteiger partial charge in [0.2, 0.25) is 17.7 Å². The largest absolute Gasteiger partial charge is 0.483 e. The third-order valence-corrected chi connectivity index (χ3v) is 6.11. The van der Waals surface area contributed by atoms with E-state index in [4.69, 9.17) is 4.74 Å². The number of rotatable bonds is 6. The van der Waals surface area contributed by atoms with Crippen LogP contribution in [-0.4, -0.2) is 55.3 Å². The molecule has 2 aliphatic rings. The number of likely N-dealkylation sites (N-methyl/N-ethyl adjacent to an activating group) is 1. The molecule has 0 radical (unpaired) electrons. The second kappa shape index (κ2) is 12.2. The van der Waals surface area contributed by atoms with Crippen LogP contribution < -0.4 is 20.7 Å². The number of carbonyl (C=O) groups excluding carboxylic acids is 3. The van der Waals surface area contributed by atoms with Crippen LogP contribution in [0.1, 0.15) is 37.5 Å². The molecule has 4 atom stereocenters.